The van der Waals surface area contributed by atoms with E-state index in [4.69, 9.17) is 21.5 Å². The number of carbonyl (C=O) groups is 1. The summed E-state index contributed by atoms with van der Waals surface area (Å²) in [4.78, 5) is 34.3. The van der Waals surface area contributed by atoms with Crippen LogP contribution < -0.4 is 5.56 Å². The monoisotopic (exact) mass is 538 g/mol. The first-order valence-corrected chi connectivity index (χ1v) is 11.9. The third-order valence-electron chi connectivity index (χ3n) is 6.34. The van der Waals surface area contributed by atoms with Gasteiger partial charge >= 0.3 is 12.1 Å². The maximum Gasteiger partial charge on any atom is 0.490 e. The number of piperidine rings is 1. The van der Waals surface area contributed by atoms with Gasteiger partial charge in [-0.3, -0.25) is 4.79 Å². The van der Waals surface area contributed by atoms with Crippen LogP contribution in [0.2, 0.25) is 5.02 Å². The van der Waals surface area contributed by atoms with Crippen LogP contribution in [0, 0.1) is 5.82 Å². The third kappa shape index (κ3) is 6.28. The lowest BCUT2D eigenvalue weighted by atomic mass is 9.95. The molecule has 0 unspecified atom stereocenters. The molecule has 1 aliphatic rings. The number of aromatic amines is 2. The molecule has 0 aliphatic carbocycles. The van der Waals surface area contributed by atoms with E-state index in [1.54, 1.807) is 12.1 Å². The number of nitrogens with zero attached hydrogens (tertiary/aromatic N) is 2. The van der Waals surface area contributed by atoms with Crippen LogP contribution in [0.1, 0.15) is 30.1 Å². The fourth-order valence-corrected chi connectivity index (χ4v) is 4.61. The molecule has 4 aromatic rings. The lowest BCUT2D eigenvalue weighted by Gasteiger charge is -2.31. The smallest absolute Gasteiger partial charge is 0.475 e. The van der Waals surface area contributed by atoms with E-state index in [2.05, 4.69) is 32.1 Å². The number of fused-ring (bicyclic) bond motifs is 2. The Morgan fingerprint density at radius 3 is 2.57 bits per heavy atom. The normalized spacial score (nSPS) is 15.1. The van der Waals surface area contributed by atoms with Crippen molar-refractivity contribution in [2.24, 2.45) is 0 Å². The molecule has 2 aromatic carbocycles. The van der Waals surface area contributed by atoms with Gasteiger partial charge in [0, 0.05) is 34.6 Å². The second-order valence-electron chi connectivity index (χ2n) is 8.76. The summed E-state index contributed by atoms with van der Waals surface area (Å²) in [5, 5.41) is 9.12. The maximum atomic E-state index is 13.9. The number of carboxylic acid groups (broad SMARTS) is 1. The third-order valence-corrected chi connectivity index (χ3v) is 6.58. The molecule has 0 radical (unpaired) electrons. The van der Waals surface area contributed by atoms with Gasteiger partial charge in [-0.05, 0) is 62.2 Å². The Hall–Kier alpha value is -3.44. The van der Waals surface area contributed by atoms with Crippen LogP contribution in [0.4, 0.5) is 17.6 Å². The molecule has 7 nitrogen and oxygen atoms in total. The summed E-state index contributed by atoms with van der Waals surface area (Å²) >= 11 is 6.07. The predicted octanol–water partition coefficient (Wildman–Crippen LogP) is 5.25. The Morgan fingerprint density at radius 2 is 1.89 bits per heavy atom. The number of aliphatic carboxylic acids is 1. The van der Waals surface area contributed by atoms with Crippen LogP contribution in [-0.2, 0) is 11.2 Å². The molecule has 0 atom stereocenters. The summed E-state index contributed by atoms with van der Waals surface area (Å²) in [6.45, 7) is 2.88. The van der Waals surface area contributed by atoms with Gasteiger partial charge in [-0.2, -0.15) is 13.2 Å². The van der Waals surface area contributed by atoms with Gasteiger partial charge in [0.15, 0.2) is 0 Å². The highest BCUT2D eigenvalue weighted by Crippen LogP contribution is 2.27. The first-order chi connectivity index (χ1) is 17.5. The summed E-state index contributed by atoms with van der Waals surface area (Å²) in [7, 11) is 0. The van der Waals surface area contributed by atoms with Gasteiger partial charge in [-0.15, -0.1) is 0 Å². The minimum atomic E-state index is -5.08. The minimum Gasteiger partial charge on any atom is -0.475 e. The fourth-order valence-electron chi connectivity index (χ4n) is 4.43. The van der Waals surface area contributed by atoms with Crippen molar-refractivity contribution in [1.29, 1.82) is 0 Å². The van der Waals surface area contributed by atoms with E-state index in [0.29, 0.717) is 11.3 Å². The number of alkyl halides is 3. The van der Waals surface area contributed by atoms with E-state index in [1.165, 1.54) is 17.0 Å². The topological polar surface area (TPSA) is 102 Å². The zero-order chi connectivity index (χ0) is 26.7. The van der Waals surface area contributed by atoms with Crippen molar-refractivity contribution in [3.63, 3.8) is 0 Å². The summed E-state index contributed by atoms with van der Waals surface area (Å²) in [5.74, 6) is -2.42. The predicted molar refractivity (Wildman–Crippen MR) is 131 cm³/mol. The summed E-state index contributed by atoms with van der Waals surface area (Å²) in [6, 6.07) is 10.5. The van der Waals surface area contributed by atoms with Gasteiger partial charge < -0.3 is 20.0 Å². The number of aromatic nitrogens is 3. The molecule has 0 bridgehead atoms. The summed E-state index contributed by atoms with van der Waals surface area (Å²) in [6.07, 6.45) is -0.201. The molecule has 0 amide bonds. The van der Waals surface area contributed by atoms with Gasteiger partial charge in [0.1, 0.15) is 17.0 Å². The minimum absolute atomic E-state index is 0.0405. The lowest BCUT2D eigenvalue weighted by molar-refractivity contribution is -0.192. The lowest BCUT2D eigenvalue weighted by Crippen LogP contribution is -2.35. The molecule has 1 aliphatic heterocycles. The fraction of sp³-hybridized carbons (Fsp3) is 0.320. The van der Waals surface area contributed by atoms with Gasteiger partial charge in [0.25, 0.3) is 5.56 Å². The number of halogens is 5. The standard InChI is InChI=1S/C23H22ClFN4O.C2HF3O2/c24-16-4-5-17-15(13-26-20(17)12-16)8-11-29-9-6-14(7-10-29)22-27-19-3-1-2-18(25)21(19)23(30)28-22;3-2(4,5)1(6)7/h1-5,12-14,26H,6-11H2,(H,27,28,30);(H,6,7). The Morgan fingerprint density at radius 1 is 1.19 bits per heavy atom. The molecule has 5 rings (SSSR count). The van der Waals surface area contributed by atoms with Crippen molar-refractivity contribution in [1.82, 2.24) is 19.9 Å². The van der Waals surface area contributed by atoms with E-state index in [-0.39, 0.29) is 11.3 Å². The molecule has 1 fully saturated rings. The van der Waals surface area contributed by atoms with E-state index in [1.807, 2.05) is 12.1 Å². The molecule has 3 heterocycles. The highest BCUT2D eigenvalue weighted by Gasteiger charge is 2.38. The molecule has 2 aromatic heterocycles. The van der Waals surface area contributed by atoms with Crippen LogP contribution in [0.3, 0.4) is 0 Å². The molecular formula is C25H23ClF4N4O3. The average molecular weight is 539 g/mol. The van der Waals surface area contributed by atoms with Crippen LogP contribution in [-0.4, -0.2) is 56.7 Å². The van der Waals surface area contributed by atoms with Crippen molar-refractivity contribution in [2.45, 2.75) is 31.4 Å². The zero-order valence-electron chi connectivity index (χ0n) is 19.4. The van der Waals surface area contributed by atoms with Crippen LogP contribution in [0.25, 0.3) is 21.8 Å². The molecule has 37 heavy (non-hydrogen) atoms. The van der Waals surface area contributed by atoms with E-state index in [0.717, 1.165) is 49.4 Å². The van der Waals surface area contributed by atoms with Crippen LogP contribution in [0.15, 0.2) is 47.4 Å². The van der Waals surface area contributed by atoms with E-state index in [9.17, 15) is 22.4 Å². The molecule has 12 heteroatoms. The van der Waals surface area contributed by atoms with Gasteiger partial charge in [0.2, 0.25) is 0 Å². The van der Waals surface area contributed by atoms with E-state index < -0.39 is 23.5 Å². The molecule has 3 N–H and O–H groups in total. The Kier molecular flexibility index (Phi) is 7.84. The first kappa shape index (κ1) is 26.6. The number of H-pyrrole nitrogens is 2. The Labute approximate surface area is 213 Å². The second-order valence-corrected chi connectivity index (χ2v) is 9.19. The van der Waals surface area contributed by atoms with Crippen molar-refractivity contribution in [3.8, 4) is 0 Å². The largest absolute Gasteiger partial charge is 0.490 e. The summed E-state index contributed by atoms with van der Waals surface area (Å²) < 4.78 is 45.7. The molecule has 0 spiro atoms. The quantitative estimate of drug-likeness (QED) is 0.308. The molecular weight excluding hydrogens is 516 g/mol. The SMILES string of the molecule is O=C(O)C(F)(F)F.O=c1[nH]c(C2CCN(CCc3c[nH]c4cc(Cl)ccc34)CC2)nc2cccc(F)c12. The van der Waals surface area contributed by atoms with Crippen LogP contribution >= 0.6 is 11.6 Å². The van der Waals surface area contributed by atoms with Gasteiger partial charge in [-0.25, -0.2) is 14.2 Å². The number of benzene rings is 2. The van der Waals surface area contributed by atoms with E-state index >= 15 is 0 Å². The summed E-state index contributed by atoms with van der Waals surface area (Å²) in [5.41, 5.74) is 2.40. The average Bonchev–Trinajstić information content (AvgIpc) is 3.24. The number of likely N-dealkylation sites (tertiary alicyclic amines) is 1. The van der Waals surface area contributed by atoms with Crippen molar-refractivity contribution in [3.05, 3.63) is 75.2 Å². The second kappa shape index (κ2) is 10.9. The highest BCUT2D eigenvalue weighted by molar-refractivity contribution is 6.31. The molecule has 0 saturated carbocycles. The maximum absolute atomic E-state index is 13.9. The van der Waals surface area contributed by atoms with Crippen LogP contribution in [0.5, 0.6) is 0 Å². The van der Waals surface area contributed by atoms with Crippen molar-refractivity contribution < 1.29 is 27.5 Å². The Balaban J connectivity index is 0.000000405. The number of nitrogens with one attached hydrogen (secondary N) is 2. The van der Waals surface area contributed by atoms with Crippen molar-refractivity contribution >= 4 is 39.4 Å². The zero-order valence-corrected chi connectivity index (χ0v) is 20.2. The van der Waals surface area contributed by atoms with Gasteiger partial charge in [-0.1, -0.05) is 23.7 Å². The number of rotatable bonds is 4. The molecule has 1 saturated heterocycles. The number of hydrogen-bond acceptors (Lipinski definition) is 4. The number of hydrogen-bond donors (Lipinski definition) is 3. The Bertz CT molecular complexity index is 1480. The van der Waals surface area contributed by atoms with Crippen molar-refractivity contribution in [2.75, 3.05) is 19.6 Å². The first-order valence-electron chi connectivity index (χ1n) is 11.5. The number of carboxylic acids is 1. The highest BCUT2D eigenvalue weighted by atomic mass is 35.5. The van der Waals surface area contributed by atoms with Gasteiger partial charge in [0.05, 0.1) is 5.52 Å². The molecule has 196 valence electrons.